The van der Waals surface area contributed by atoms with E-state index < -0.39 is 28.9 Å². The van der Waals surface area contributed by atoms with E-state index in [1.165, 1.54) is 31.2 Å². The molecular weight excluding hydrogens is 405 g/mol. The molecule has 154 valence electrons. The van der Waals surface area contributed by atoms with Crippen LogP contribution in [-0.2, 0) is 6.18 Å². The average molecular weight is 419 g/mol. The Bertz CT molecular complexity index is 1350. The Morgan fingerprint density at radius 3 is 2.37 bits per heavy atom. The highest BCUT2D eigenvalue weighted by Crippen LogP contribution is 2.38. The van der Waals surface area contributed by atoms with E-state index in [-0.39, 0.29) is 33.6 Å². The predicted molar refractivity (Wildman–Crippen MR) is 101 cm³/mol. The fraction of sp³-hybridized carbons (Fsp3) is 0.143. The van der Waals surface area contributed by atoms with Crippen molar-refractivity contribution >= 4 is 5.65 Å². The van der Waals surface area contributed by atoms with Crippen LogP contribution in [0.5, 0.6) is 0 Å². The molecule has 0 saturated carbocycles. The van der Waals surface area contributed by atoms with E-state index in [2.05, 4.69) is 10.1 Å². The maximum atomic E-state index is 14.4. The number of nitrogens with one attached hydrogen (secondary N) is 1. The number of alkyl halides is 3. The molecule has 0 unspecified atom stereocenters. The minimum Gasteiger partial charge on any atom is -0.293 e. The number of nitrogens with zero attached hydrogens (tertiary/aromatic N) is 2. The number of aryl methyl sites for hydroxylation is 1. The molecule has 2 aromatic carbocycles. The lowest BCUT2D eigenvalue weighted by Gasteiger charge is -2.14. The number of aromatic nitrogens is 3. The largest absolute Gasteiger partial charge is 0.417 e. The van der Waals surface area contributed by atoms with Crippen molar-refractivity contribution in [2.75, 3.05) is 0 Å². The molecule has 4 nitrogen and oxygen atoms in total. The van der Waals surface area contributed by atoms with Crippen LogP contribution in [-0.4, -0.2) is 14.6 Å². The smallest absolute Gasteiger partial charge is 0.293 e. The van der Waals surface area contributed by atoms with Crippen molar-refractivity contribution in [1.29, 1.82) is 0 Å². The third-order valence-electron chi connectivity index (χ3n) is 4.87. The van der Waals surface area contributed by atoms with Crippen LogP contribution in [0.2, 0.25) is 0 Å². The zero-order valence-electron chi connectivity index (χ0n) is 15.7. The van der Waals surface area contributed by atoms with Gasteiger partial charge in [-0.25, -0.2) is 18.3 Å². The zero-order chi connectivity index (χ0) is 21.8. The Hall–Kier alpha value is -3.49. The second kappa shape index (κ2) is 6.79. The molecule has 0 aliphatic rings. The molecule has 9 heteroatoms. The zero-order valence-corrected chi connectivity index (χ0v) is 15.7. The maximum absolute atomic E-state index is 14.4. The van der Waals surface area contributed by atoms with Gasteiger partial charge in [0.2, 0.25) is 0 Å². The topological polar surface area (TPSA) is 50.2 Å². The van der Waals surface area contributed by atoms with Crippen LogP contribution in [0, 0.1) is 25.5 Å². The maximum Gasteiger partial charge on any atom is 0.417 e. The third-order valence-corrected chi connectivity index (χ3v) is 4.87. The van der Waals surface area contributed by atoms with Crippen molar-refractivity contribution < 1.29 is 22.0 Å². The molecule has 2 aromatic heterocycles. The van der Waals surface area contributed by atoms with Gasteiger partial charge in [-0.3, -0.25) is 9.89 Å². The van der Waals surface area contributed by atoms with Crippen LogP contribution >= 0.6 is 0 Å². The number of aromatic amines is 1. The minimum absolute atomic E-state index is 0.00317. The van der Waals surface area contributed by atoms with Crippen LogP contribution in [0.25, 0.3) is 28.0 Å². The van der Waals surface area contributed by atoms with Gasteiger partial charge in [0, 0.05) is 34.0 Å². The van der Waals surface area contributed by atoms with E-state index >= 15 is 0 Å². The van der Waals surface area contributed by atoms with Crippen molar-refractivity contribution in [2.45, 2.75) is 20.0 Å². The van der Waals surface area contributed by atoms with Gasteiger partial charge in [0.1, 0.15) is 11.6 Å². The number of hydrogen-bond acceptors (Lipinski definition) is 2. The van der Waals surface area contributed by atoms with Crippen LogP contribution in [0.4, 0.5) is 22.0 Å². The van der Waals surface area contributed by atoms with E-state index in [9.17, 15) is 26.7 Å². The average Bonchev–Trinajstić information content (AvgIpc) is 3.00. The normalized spacial score (nSPS) is 12.0. The highest BCUT2D eigenvalue weighted by Gasteiger charge is 2.34. The van der Waals surface area contributed by atoms with Gasteiger partial charge in [-0.05, 0) is 32.0 Å². The SMILES string of the molecule is Cc1[nH]n2c(=O)c(C)c(-c3ccccc3C(F)(F)F)nc2c1-c1ccc(F)cc1F. The second-order valence-electron chi connectivity index (χ2n) is 6.83. The Morgan fingerprint density at radius 2 is 1.70 bits per heavy atom. The van der Waals surface area contributed by atoms with Crippen molar-refractivity contribution in [3.8, 4) is 22.4 Å². The summed E-state index contributed by atoms with van der Waals surface area (Å²) in [5.41, 5.74) is -1.55. The second-order valence-corrected chi connectivity index (χ2v) is 6.83. The van der Waals surface area contributed by atoms with Gasteiger partial charge in [0.05, 0.1) is 11.3 Å². The molecule has 4 aromatic rings. The predicted octanol–water partition coefficient (Wildman–Crippen LogP) is 5.27. The Kier molecular flexibility index (Phi) is 4.48. The lowest BCUT2D eigenvalue weighted by molar-refractivity contribution is -0.137. The molecule has 0 atom stereocenters. The van der Waals surface area contributed by atoms with Gasteiger partial charge < -0.3 is 0 Å². The highest BCUT2D eigenvalue weighted by atomic mass is 19.4. The number of rotatable bonds is 2. The first-order chi connectivity index (χ1) is 14.1. The van der Waals surface area contributed by atoms with Gasteiger partial charge in [-0.2, -0.15) is 13.2 Å². The van der Waals surface area contributed by atoms with Gasteiger partial charge in [0.15, 0.2) is 5.65 Å². The fourth-order valence-corrected chi connectivity index (χ4v) is 3.48. The summed E-state index contributed by atoms with van der Waals surface area (Å²) in [5, 5.41) is 2.76. The molecule has 0 spiro atoms. The fourth-order valence-electron chi connectivity index (χ4n) is 3.48. The molecule has 0 bridgehead atoms. The van der Waals surface area contributed by atoms with Crippen molar-refractivity contribution in [2.24, 2.45) is 0 Å². The van der Waals surface area contributed by atoms with Crippen molar-refractivity contribution in [3.63, 3.8) is 0 Å². The standard InChI is InChI=1S/C21H14F5N3O/c1-10-18(13-5-3-4-6-15(13)21(24,25)26)27-19-17(11(2)28-29(19)20(10)30)14-8-7-12(22)9-16(14)23/h3-9,28H,1-2H3. The van der Waals surface area contributed by atoms with E-state index in [4.69, 9.17) is 0 Å². The summed E-state index contributed by atoms with van der Waals surface area (Å²) in [4.78, 5) is 17.2. The number of hydrogen-bond donors (Lipinski definition) is 1. The number of fused-ring (bicyclic) bond motifs is 1. The monoisotopic (exact) mass is 419 g/mol. The third kappa shape index (κ3) is 3.06. The van der Waals surface area contributed by atoms with E-state index in [0.29, 0.717) is 11.8 Å². The van der Waals surface area contributed by atoms with Crippen LogP contribution in [0.15, 0.2) is 47.3 Å². The van der Waals surface area contributed by atoms with Crippen LogP contribution < -0.4 is 5.56 Å². The Balaban J connectivity index is 2.09. The molecule has 0 radical (unpaired) electrons. The summed E-state index contributed by atoms with van der Waals surface area (Å²) in [6, 6.07) is 7.71. The molecule has 0 amide bonds. The lowest BCUT2D eigenvalue weighted by atomic mass is 10.0. The van der Waals surface area contributed by atoms with Gasteiger partial charge in [-0.1, -0.05) is 18.2 Å². The molecule has 30 heavy (non-hydrogen) atoms. The van der Waals surface area contributed by atoms with Crippen LogP contribution in [0.1, 0.15) is 16.8 Å². The van der Waals surface area contributed by atoms with E-state index in [1.54, 1.807) is 6.92 Å². The Morgan fingerprint density at radius 1 is 1.00 bits per heavy atom. The number of H-pyrrole nitrogens is 1. The summed E-state index contributed by atoms with van der Waals surface area (Å²) in [6.07, 6.45) is -4.66. The van der Waals surface area contributed by atoms with Gasteiger partial charge in [-0.15, -0.1) is 0 Å². The summed E-state index contributed by atoms with van der Waals surface area (Å²) in [7, 11) is 0. The summed E-state index contributed by atoms with van der Waals surface area (Å²) >= 11 is 0. The highest BCUT2D eigenvalue weighted by molar-refractivity contribution is 5.82. The first-order valence-corrected chi connectivity index (χ1v) is 8.83. The molecule has 2 heterocycles. The molecular formula is C21H14F5N3O. The minimum atomic E-state index is -4.66. The summed E-state index contributed by atoms with van der Waals surface area (Å²) < 4.78 is 69.4. The summed E-state index contributed by atoms with van der Waals surface area (Å²) in [5.74, 6) is -1.67. The Labute approximate surface area is 166 Å². The quantitative estimate of drug-likeness (QED) is 0.450. The van der Waals surface area contributed by atoms with E-state index in [1.807, 2.05) is 0 Å². The number of halogens is 5. The van der Waals surface area contributed by atoms with Crippen LogP contribution in [0.3, 0.4) is 0 Å². The molecule has 0 fully saturated rings. The lowest BCUT2D eigenvalue weighted by Crippen LogP contribution is -2.20. The molecule has 1 N–H and O–H groups in total. The molecule has 0 saturated heterocycles. The molecule has 4 rings (SSSR count). The molecule has 0 aliphatic carbocycles. The first-order valence-electron chi connectivity index (χ1n) is 8.83. The molecule has 0 aliphatic heterocycles. The van der Waals surface area contributed by atoms with Gasteiger partial charge in [0.25, 0.3) is 5.56 Å². The number of benzene rings is 2. The van der Waals surface area contributed by atoms with Crippen molar-refractivity contribution in [1.82, 2.24) is 14.6 Å². The van der Waals surface area contributed by atoms with Crippen molar-refractivity contribution in [3.05, 3.63) is 81.3 Å². The van der Waals surface area contributed by atoms with Gasteiger partial charge >= 0.3 is 6.18 Å². The first kappa shape index (κ1) is 19.8. The van der Waals surface area contributed by atoms with E-state index in [0.717, 1.165) is 16.6 Å². The summed E-state index contributed by atoms with van der Waals surface area (Å²) in [6.45, 7) is 2.93.